The summed E-state index contributed by atoms with van der Waals surface area (Å²) < 4.78 is 18.1. The number of halogens is 1. The maximum Gasteiger partial charge on any atom is 0.173 e. The minimum absolute atomic E-state index is 0.105. The van der Waals surface area contributed by atoms with Crippen LogP contribution in [0.25, 0.3) is 22.0 Å². The minimum atomic E-state index is -0.851. The molecule has 2 aromatic carbocycles. The summed E-state index contributed by atoms with van der Waals surface area (Å²) in [6.07, 6.45) is 2.87. The topological polar surface area (TPSA) is 66.3 Å². The number of aromatic nitrogens is 2. The number of nitrogens with zero attached hydrogens (tertiary/aromatic N) is 3. The molecule has 0 spiro atoms. The summed E-state index contributed by atoms with van der Waals surface area (Å²) in [7, 11) is 0. The van der Waals surface area contributed by atoms with E-state index in [4.69, 9.17) is 0 Å². The molecule has 0 aliphatic carbocycles. The molecule has 3 aromatic rings. The molecular formula is C19H16FN3O2S. The Kier molecular flexibility index (Phi) is 4.38. The van der Waals surface area contributed by atoms with Gasteiger partial charge in [-0.3, -0.25) is 4.79 Å². The maximum atomic E-state index is 13.8. The molecule has 26 heavy (non-hydrogen) atoms. The van der Waals surface area contributed by atoms with Crippen molar-refractivity contribution in [2.75, 3.05) is 18.0 Å². The van der Waals surface area contributed by atoms with E-state index in [9.17, 15) is 14.3 Å². The van der Waals surface area contributed by atoms with Gasteiger partial charge in [0.25, 0.3) is 0 Å². The molecule has 0 atom stereocenters. The second-order valence-corrected chi connectivity index (χ2v) is 6.93. The third-order valence-electron chi connectivity index (χ3n) is 4.49. The summed E-state index contributed by atoms with van der Waals surface area (Å²) in [6, 6.07) is 10.6. The number of aromatic hydroxyl groups is 1. The fraction of sp³-hybridized carbons (Fsp3) is 0.211. The van der Waals surface area contributed by atoms with Crippen molar-refractivity contribution in [2.45, 2.75) is 12.8 Å². The molecule has 5 nitrogen and oxygen atoms in total. The molecule has 1 aliphatic heterocycles. The second-order valence-electron chi connectivity index (χ2n) is 6.18. The average Bonchev–Trinajstić information content (AvgIpc) is 3.36. The molecule has 1 aliphatic rings. The van der Waals surface area contributed by atoms with Gasteiger partial charge in [0, 0.05) is 29.9 Å². The fourth-order valence-corrected chi connectivity index (χ4v) is 3.76. The minimum Gasteiger partial charge on any atom is -0.504 e. The van der Waals surface area contributed by atoms with Crippen molar-refractivity contribution >= 4 is 23.5 Å². The molecule has 0 saturated carbocycles. The van der Waals surface area contributed by atoms with E-state index in [1.54, 1.807) is 0 Å². The number of carbonyl (C=O) groups excluding carboxylic acids is 1. The summed E-state index contributed by atoms with van der Waals surface area (Å²) in [5.74, 6) is -0.943. The van der Waals surface area contributed by atoms with Crippen LogP contribution in [0.15, 0.2) is 36.4 Å². The Morgan fingerprint density at radius 2 is 1.85 bits per heavy atom. The molecule has 0 bridgehead atoms. The van der Waals surface area contributed by atoms with Gasteiger partial charge in [-0.15, -0.1) is 0 Å². The van der Waals surface area contributed by atoms with Gasteiger partial charge < -0.3 is 10.0 Å². The van der Waals surface area contributed by atoms with Crippen LogP contribution >= 0.6 is 11.5 Å². The number of anilines is 1. The van der Waals surface area contributed by atoms with Gasteiger partial charge in [-0.25, -0.2) is 9.37 Å². The smallest absolute Gasteiger partial charge is 0.173 e. The van der Waals surface area contributed by atoms with Gasteiger partial charge in [0.1, 0.15) is 5.01 Å². The normalized spacial score (nSPS) is 14.0. The van der Waals surface area contributed by atoms with Gasteiger partial charge in [-0.1, -0.05) is 0 Å². The number of phenolic OH excluding ortho intramolecular Hbond substituents is 1. The van der Waals surface area contributed by atoms with Gasteiger partial charge in [0.05, 0.1) is 5.56 Å². The number of benzene rings is 2. The second kappa shape index (κ2) is 6.84. The van der Waals surface area contributed by atoms with E-state index in [0.717, 1.165) is 36.3 Å². The summed E-state index contributed by atoms with van der Waals surface area (Å²) in [4.78, 5) is 17.8. The van der Waals surface area contributed by atoms with Crippen molar-refractivity contribution in [1.29, 1.82) is 0 Å². The van der Waals surface area contributed by atoms with Crippen molar-refractivity contribution in [3.63, 3.8) is 0 Å². The van der Waals surface area contributed by atoms with E-state index in [2.05, 4.69) is 26.4 Å². The number of aldehydes is 1. The number of carbonyl (C=O) groups is 1. The molecule has 1 fully saturated rings. The third kappa shape index (κ3) is 3.06. The van der Waals surface area contributed by atoms with Crippen molar-refractivity contribution in [3.8, 4) is 27.7 Å². The number of hydrogen-bond acceptors (Lipinski definition) is 6. The van der Waals surface area contributed by atoms with Crippen molar-refractivity contribution < 1.29 is 14.3 Å². The highest BCUT2D eigenvalue weighted by atomic mass is 32.1. The quantitative estimate of drug-likeness (QED) is 0.701. The lowest BCUT2D eigenvalue weighted by Gasteiger charge is -2.17. The Morgan fingerprint density at radius 3 is 2.54 bits per heavy atom. The fourth-order valence-electron chi connectivity index (χ4n) is 3.09. The van der Waals surface area contributed by atoms with E-state index in [0.29, 0.717) is 22.7 Å². The number of phenols is 1. The predicted octanol–water partition coefficient (Wildman–Crippen LogP) is 4.13. The first-order valence-electron chi connectivity index (χ1n) is 8.33. The van der Waals surface area contributed by atoms with Crippen LogP contribution in [0.1, 0.15) is 23.2 Å². The molecule has 7 heteroatoms. The molecule has 1 N–H and O–H groups in total. The lowest BCUT2D eigenvalue weighted by atomic mass is 10.1. The Bertz CT molecular complexity index is 950. The highest BCUT2D eigenvalue weighted by Crippen LogP contribution is 2.31. The number of rotatable bonds is 4. The molecule has 1 saturated heterocycles. The predicted molar refractivity (Wildman–Crippen MR) is 99.2 cm³/mol. The molecule has 1 aromatic heterocycles. The average molecular weight is 369 g/mol. The Hall–Kier alpha value is -2.80. The molecular weight excluding hydrogens is 353 g/mol. The summed E-state index contributed by atoms with van der Waals surface area (Å²) in [6.45, 7) is 2.17. The highest BCUT2D eigenvalue weighted by Gasteiger charge is 2.15. The summed E-state index contributed by atoms with van der Waals surface area (Å²) in [5, 5.41) is 10.0. The molecule has 0 unspecified atom stereocenters. The lowest BCUT2D eigenvalue weighted by molar-refractivity contribution is 0.112. The van der Waals surface area contributed by atoms with Crippen LogP contribution in [0.4, 0.5) is 10.1 Å². The zero-order valence-electron chi connectivity index (χ0n) is 13.9. The monoisotopic (exact) mass is 369 g/mol. The van der Waals surface area contributed by atoms with Crippen LogP contribution in [0.5, 0.6) is 5.75 Å². The van der Waals surface area contributed by atoms with Crippen LogP contribution in [0.2, 0.25) is 0 Å². The highest BCUT2D eigenvalue weighted by molar-refractivity contribution is 7.09. The van der Waals surface area contributed by atoms with E-state index in [-0.39, 0.29) is 5.56 Å². The van der Waals surface area contributed by atoms with Crippen molar-refractivity contribution in [3.05, 3.63) is 47.8 Å². The van der Waals surface area contributed by atoms with Crippen LogP contribution < -0.4 is 4.90 Å². The van der Waals surface area contributed by atoms with Gasteiger partial charge >= 0.3 is 0 Å². The SMILES string of the molecule is O=Cc1cc(-c2nc(-c3ccc(N4CCCC4)cc3)ns2)cc(F)c1O. The van der Waals surface area contributed by atoms with Crippen LogP contribution in [0, 0.1) is 5.82 Å². The van der Waals surface area contributed by atoms with Crippen molar-refractivity contribution in [2.24, 2.45) is 0 Å². The molecule has 2 heterocycles. The van der Waals surface area contributed by atoms with Crippen molar-refractivity contribution in [1.82, 2.24) is 9.36 Å². The van der Waals surface area contributed by atoms with Crippen LogP contribution in [-0.4, -0.2) is 33.8 Å². The Labute approximate surface area is 153 Å². The largest absolute Gasteiger partial charge is 0.504 e. The van der Waals surface area contributed by atoms with Crippen LogP contribution in [0.3, 0.4) is 0 Å². The Balaban J connectivity index is 1.62. The van der Waals surface area contributed by atoms with E-state index < -0.39 is 11.6 Å². The lowest BCUT2D eigenvalue weighted by Crippen LogP contribution is -2.17. The third-order valence-corrected chi connectivity index (χ3v) is 5.25. The van der Waals surface area contributed by atoms with Gasteiger partial charge in [0.15, 0.2) is 23.7 Å². The molecule has 0 amide bonds. The number of hydrogen-bond donors (Lipinski definition) is 1. The van der Waals surface area contributed by atoms with E-state index >= 15 is 0 Å². The zero-order chi connectivity index (χ0) is 18.1. The maximum absolute atomic E-state index is 13.8. The zero-order valence-corrected chi connectivity index (χ0v) is 14.7. The van der Waals surface area contributed by atoms with E-state index in [1.807, 2.05) is 12.1 Å². The van der Waals surface area contributed by atoms with Gasteiger partial charge in [0.2, 0.25) is 0 Å². The molecule has 4 rings (SSSR count). The summed E-state index contributed by atoms with van der Waals surface area (Å²) in [5.41, 5.74) is 2.38. The van der Waals surface area contributed by atoms with E-state index in [1.165, 1.54) is 24.6 Å². The van der Waals surface area contributed by atoms with Gasteiger partial charge in [-0.2, -0.15) is 4.37 Å². The van der Waals surface area contributed by atoms with Gasteiger partial charge in [-0.05, 0) is 60.8 Å². The Morgan fingerprint density at radius 1 is 1.12 bits per heavy atom. The first-order chi connectivity index (χ1) is 12.7. The molecule has 0 radical (unpaired) electrons. The summed E-state index contributed by atoms with van der Waals surface area (Å²) >= 11 is 1.12. The van der Waals surface area contributed by atoms with Crippen LogP contribution in [-0.2, 0) is 0 Å². The standard InChI is InChI=1S/C19H16FN3O2S/c20-16-10-13(9-14(11-24)17(16)25)19-21-18(22-26-19)12-3-5-15(6-4-12)23-7-1-2-8-23/h3-6,9-11,25H,1-2,7-8H2. The first kappa shape index (κ1) is 16.7. The first-order valence-corrected chi connectivity index (χ1v) is 9.10. The molecule has 132 valence electrons.